The third-order valence-electron chi connectivity index (χ3n) is 10.1. The summed E-state index contributed by atoms with van der Waals surface area (Å²) in [6, 6.07) is 20.8. The van der Waals surface area contributed by atoms with Crippen LogP contribution >= 0.6 is 11.6 Å². The van der Waals surface area contributed by atoms with Gasteiger partial charge in [0, 0.05) is 36.0 Å². The van der Waals surface area contributed by atoms with E-state index in [1.54, 1.807) is 7.11 Å². The molecule has 0 bridgehead atoms. The number of carbonyl (C=O) groups is 1. The van der Waals surface area contributed by atoms with Gasteiger partial charge in [0.05, 0.1) is 25.7 Å². The van der Waals surface area contributed by atoms with E-state index in [0.717, 1.165) is 41.4 Å². The fourth-order valence-corrected chi connectivity index (χ4v) is 7.61. The minimum absolute atomic E-state index is 0.0358. The number of halogens is 1. The van der Waals surface area contributed by atoms with Gasteiger partial charge in [-0.25, -0.2) is 0 Å². The Bertz CT molecular complexity index is 1450. The zero-order valence-electron chi connectivity index (χ0n) is 29.3. The van der Waals surface area contributed by atoms with Crippen molar-refractivity contribution in [3.63, 3.8) is 0 Å². The van der Waals surface area contributed by atoms with Crippen LogP contribution in [0.3, 0.4) is 0 Å². The number of rotatable bonds is 14. The van der Waals surface area contributed by atoms with Crippen LogP contribution in [0.15, 0.2) is 60.7 Å². The summed E-state index contributed by atoms with van der Waals surface area (Å²) in [4.78, 5) is 21.0. The molecule has 7 heteroatoms. The Morgan fingerprint density at radius 1 is 0.915 bits per heavy atom. The predicted molar refractivity (Wildman–Crippen MR) is 195 cm³/mol. The fourth-order valence-electron chi connectivity index (χ4n) is 7.48. The molecule has 6 nitrogen and oxygen atoms in total. The van der Waals surface area contributed by atoms with Crippen molar-refractivity contribution in [3.05, 3.63) is 82.4 Å². The Kier molecular flexibility index (Phi) is 12.1. The van der Waals surface area contributed by atoms with Crippen molar-refractivity contribution in [2.24, 2.45) is 5.92 Å². The predicted octanol–water partition coefficient (Wildman–Crippen LogP) is 9.32. The van der Waals surface area contributed by atoms with Crippen LogP contribution in [0.2, 0.25) is 5.02 Å². The number of nitrogens with zero attached hydrogens (tertiary/aromatic N) is 3. The Morgan fingerprint density at radius 3 is 2.17 bits per heavy atom. The SMILES string of the molecule is CCCN(CCC)C1CCC(CN(C)c2ccc(N3C(=O)Cc4cc(OC)c(O[C@H](C)CC)cc4C3c3ccc(Cl)cc3)cc2)CC1. The number of hydrogen-bond acceptors (Lipinski definition) is 5. The highest BCUT2D eigenvalue weighted by Crippen LogP contribution is 2.44. The minimum Gasteiger partial charge on any atom is -0.493 e. The maximum atomic E-state index is 14.0. The van der Waals surface area contributed by atoms with Gasteiger partial charge in [0.2, 0.25) is 5.91 Å². The average Bonchev–Trinajstić information content (AvgIpc) is 3.08. The van der Waals surface area contributed by atoms with Crippen LogP contribution in [0.1, 0.15) is 95.4 Å². The lowest BCUT2D eigenvalue weighted by atomic mass is 9.84. The van der Waals surface area contributed by atoms with Crippen LogP contribution in [0.5, 0.6) is 11.5 Å². The molecule has 47 heavy (non-hydrogen) atoms. The van der Waals surface area contributed by atoms with E-state index in [-0.39, 0.29) is 24.5 Å². The summed E-state index contributed by atoms with van der Waals surface area (Å²) in [7, 11) is 3.85. The lowest BCUT2D eigenvalue weighted by Gasteiger charge is -2.39. The Balaban J connectivity index is 1.37. The molecule has 1 fully saturated rings. The maximum absolute atomic E-state index is 14.0. The normalized spacial score (nSPS) is 20.2. The molecule has 0 N–H and O–H groups in total. The first-order valence-electron chi connectivity index (χ1n) is 17.8. The number of ether oxygens (including phenoxy) is 2. The Hall–Kier alpha value is -3.22. The van der Waals surface area contributed by atoms with E-state index >= 15 is 0 Å². The molecule has 1 saturated carbocycles. The van der Waals surface area contributed by atoms with Crippen molar-refractivity contribution in [3.8, 4) is 11.5 Å². The van der Waals surface area contributed by atoms with Gasteiger partial charge in [-0.05, 0) is 136 Å². The highest BCUT2D eigenvalue weighted by molar-refractivity contribution is 6.30. The molecule has 1 aliphatic carbocycles. The van der Waals surface area contributed by atoms with Crippen molar-refractivity contribution < 1.29 is 14.3 Å². The van der Waals surface area contributed by atoms with Crippen LogP contribution < -0.4 is 19.3 Å². The Labute approximate surface area is 288 Å². The molecule has 1 aliphatic heterocycles. The maximum Gasteiger partial charge on any atom is 0.232 e. The topological polar surface area (TPSA) is 45.2 Å². The molecule has 0 radical (unpaired) electrons. The van der Waals surface area contributed by atoms with Crippen molar-refractivity contribution in [1.29, 1.82) is 0 Å². The zero-order valence-corrected chi connectivity index (χ0v) is 30.1. The smallest absolute Gasteiger partial charge is 0.232 e. The average molecular weight is 660 g/mol. The van der Waals surface area contributed by atoms with E-state index in [0.29, 0.717) is 22.4 Å². The summed E-state index contributed by atoms with van der Waals surface area (Å²) in [5.41, 5.74) is 5.05. The largest absolute Gasteiger partial charge is 0.493 e. The van der Waals surface area contributed by atoms with E-state index in [9.17, 15) is 4.79 Å². The number of anilines is 2. The molecule has 0 saturated heterocycles. The first-order valence-corrected chi connectivity index (χ1v) is 18.1. The van der Waals surface area contributed by atoms with E-state index in [1.807, 2.05) is 35.2 Å². The van der Waals surface area contributed by atoms with Gasteiger partial charge in [0.1, 0.15) is 0 Å². The summed E-state index contributed by atoms with van der Waals surface area (Å²) in [5.74, 6) is 2.11. The zero-order chi connectivity index (χ0) is 33.5. The molecule has 5 rings (SSSR count). The van der Waals surface area contributed by atoms with Crippen LogP contribution in [0, 0.1) is 5.92 Å². The van der Waals surface area contributed by atoms with Gasteiger partial charge in [0.25, 0.3) is 0 Å². The van der Waals surface area contributed by atoms with Gasteiger partial charge >= 0.3 is 0 Å². The molecule has 0 spiro atoms. The number of amides is 1. The van der Waals surface area contributed by atoms with Crippen molar-refractivity contribution in [2.75, 3.05) is 43.6 Å². The molecular weight excluding hydrogens is 606 g/mol. The lowest BCUT2D eigenvalue weighted by Crippen LogP contribution is -2.41. The van der Waals surface area contributed by atoms with E-state index in [4.69, 9.17) is 21.1 Å². The second-order valence-electron chi connectivity index (χ2n) is 13.5. The van der Waals surface area contributed by atoms with Crippen LogP contribution in [0.25, 0.3) is 0 Å². The van der Waals surface area contributed by atoms with Gasteiger partial charge in [-0.3, -0.25) is 4.79 Å². The third-order valence-corrected chi connectivity index (χ3v) is 10.4. The van der Waals surface area contributed by atoms with Crippen LogP contribution in [-0.2, 0) is 11.2 Å². The van der Waals surface area contributed by atoms with Crippen LogP contribution in [0.4, 0.5) is 11.4 Å². The standard InChI is InChI=1S/C40H54ClN3O3/c1-7-22-43(23-8-2)34-16-10-29(11-17-34)27-42(5)33-18-20-35(21-19-33)44-39(45)25-31-24-37(46-6)38(47-28(4)9-3)26-36(31)40(44)30-12-14-32(41)15-13-30/h12-15,18-21,24,26,28-29,34,40H,7-11,16-17,22-23,25,27H2,1-6H3/t28-,29?,34?,40?/m1/s1. The summed E-state index contributed by atoms with van der Waals surface area (Å²) in [6.07, 6.45) is 8.85. The third kappa shape index (κ3) is 8.26. The van der Waals surface area contributed by atoms with Gasteiger partial charge in [0.15, 0.2) is 11.5 Å². The molecule has 0 aromatic heterocycles. The van der Waals surface area contributed by atoms with Crippen molar-refractivity contribution >= 4 is 28.9 Å². The van der Waals surface area contributed by atoms with E-state index in [1.165, 1.54) is 57.3 Å². The number of benzene rings is 3. The lowest BCUT2D eigenvalue weighted by molar-refractivity contribution is -0.118. The van der Waals surface area contributed by atoms with Gasteiger partial charge in [-0.2, -0.15) is 0 Å². The second kappa shape index (κ2) is 16.3. The Morgan fingerprint density at radius 2 is 1.57 bits per heavy atom. The van der Waals surface area contributed by atoms with Gasteiger partial charge in [-0.15, -0.1) is 0 Å². The first-order chi connectivity index (χ1) is 22.8. The highest BCUT2D eigenvalue weighted by atomic mass is 35.5. The summed E-state index contributed by atoms with van der Waals surface area (Å²) in [6.45, 7) is 12.3. The molecule has 1 heterocycles. The van der Waals surface area contributed by atoms with E-state index < -0.39 is 0 Å². The molecular formula is C40H54ClN3O3. The molecule has 3 aromatic rings. The molecule has 254 valence electrons. The van der Waals surface area contributed by atoms with Gasteiger partial charge in [-0.1, -0.05) is 44.5 Å². The number of methoxy groups -OCH3 is 1. The number of carbonyl (C=O) groups excluding carboxylic acids is 1. The quantitative estimate of drug-likeness (QED) is 0.173. The highest BCUT2D eigenvalue weighted by Gasteiger charge is 2.36. The van der Waals surface area contributed by atoms with Gasteiger partial charge < -0.3 is 24.2 Å². The second-order valence-corrected chi connectivity index (χ2v) is 14.0. The number of hydrogen-bond donors (Lipinski definition) is 0. The number of fused-ring (bicyclic) bond motifs is 1. The van der Waals surface area contributed by atoms with Crippen molar-refractivity contribution in [2.45, 2.75) is 97.2 Å². The van der Waals surface area contributed by atoms with Crippen LogP contribution in [-0.4, -0.2) is 56.7 Å². The molecule has 1 unspecified atom stereocenters. The summed E-state index contributed by atoms with van der Waals surface area (Å²) < 4.78 is 12.0. The fraction of sp³-hybridized carbons (Fsp3) is 0.525. The molecule has 1 amide bonds. The minimum atomic E-state index is -0.326. The van der Waals surface area contributed by atoms with Crippen molar-refractivity contribution in [1.82, 2.24) is 4.90 Å². The summed E-state index contributed by atoms with van der Waals surface area (Å²) in [5, 5.41) is 0.665. The first kappa shape index (κ1) is 35.1. The van der Waals surface area contributed by atoms with E-state index in [2.05, 4.69) is 74.9 Å². The molecule has 2 atom stereocenters. The summed E-state index contributed by atoms with van der Waals surface area (Å²) >= 11 is 6.31. The monoisotopic (exact) mass is 659 g/mol. The molecule has 3 aromatic carbocycles. The molecule has 2 aliphatic rings.